The molecule has 3 N–H and O–H groups in total. The molecule has 0 fully saturated rings. The standard InChI is InChI=1S/C25H26N6O2/c1-33-25(32)17-9-10-18-19(15-17)29-24-22(18)23(28-13-12-27-20-8-5-11-26-20)30-21(31-24)14-16-6-3-2-4-7-16/h2-4,6-7,9-10,15H,5,8,11-14H2,1H3,(H,26,27)(H2,28,29,30,31). The number of hydrogen-bond donors (Lipinski definition) is 3. The third kappa shape index (κ3) is 4.50. The van der Waals surface area contributed by atoms with E-state index < -0.39 is 0 Å². The first-order chi connectivity index (χ1) is 16.2. The van der Waals surface area contributed by atoms with Crippen molar-refractivity contribution in [3.63, 3.8) is 0 Å². The van der Waals surface area contributed by atoms with Gasteiger partial charge in [0.2, 0.25) is 0 Å². The van der Waals surface area contributed by atoms with Crippen molar-refractivity contribution >= 4 is 39.6 Å². The summed E-state index contributed by atoms with van der Waals surface area (Å²) in [5, 5.41) is 8.75. The Morgan fingerprint density at radius 3 is 2.73 bits per heavy atom. The van der Waals surface area contributed by atoms with Gasteiger partial charge in [-0.05, 0) is 24.1 Å². The molecule has 0 saturated heterocycles. The number of aromatic amines is 1. The number of ether oxygens (including phenoxy) is 1. The second-order valence-electron chi connectivity index (χ2n) is 8.04. The molecule has 0 aliphatic carbocycles. The maximum atomic E-state index is 12.0. The quantitative estimate of drug-likeness (QED) is 0.298. The van der Waals surface area contributed by atoms with E-state index in [-0.39, 0.29) is 5.97 Å². The molecular formula is C25H26N6O2. The smallest absolute Gasteiger partial charge is 0.337 e. The lowest BCUT2D eigenvalue weighted by molar-refractivity contribution is 0.0601. The summed E-state index contributed by atoms with van der Waals surface area (Å²) < 4.78 is 4.87. The number of carbonyl (C=O) groups excluding carboxylic acids is 1. The summed E-state index contributed by atoms with van der Waals surface area (Å²) in [6.07, 6.45) is 2.77. The number of rotatable bonds is 7. The fourth-order valence-electron chi connectivity index (χ4n) is 4.15. The minimum Gasteiger partial charge on any atom is -0.465 e. The Labute approximate surface area is 191 Å². The van der Waals surface area contributed by atoms with Crippen LogP contribution in [-0.2, 0) is 11.2 Å². The number of fused-ring (bicyclic) bond motifs is 3. The van der Waals surface area contributed by atoms with Crippen LogP contribution in [0.15, 0.2) is 53.5 Å². The average Bonchev–Trinajstić information content (AvgIpc) is 3.49. The summed E-state index contributed by atoms with van der Waals surface area (Å²) in [5.41, 5.74) is 3.20. The topological polar surface area (TPSA) is 104 Å². The van der Waals surface area contributed by atoms with E-state index >= 15 is 0 Å². The molecule has 168 valence electrons. The molecule has 0 saturated carbocycles. The Kier molecular flexibility index (Phi) is 5.89. The van der Waals surface area contributed by atoms with Crippen LogP contribution in [0.2, 0.25) is 0 Å². The van der Waals surface area contributed by atoms with Crippen LogP contribution >= 0.6 is 0 Å². The lowest BCUT2D eigenvalue weighted by atomic mass is 10.1. The molecule has 8 nitrogen and oxygen atoms in total. The van der Waals surface area contributed by atoms with Gasteiger partial charge in [0, 0.05) is 43.4 Å². The predicted molar refractivity (Wildman–Crippen MR) is 130 cm³/mol. The van der Waals surface area contributed by atoms with Crippen molar-refractivity contribution in [3.8, 4) is 0 Å². The zero-order valence-corrected chi connectivity index (χ0v) is 18.5. The van der Waals surface area contributed by atoms with Crippen LogP contribution < -0.4 is 10.6 Å². The van der Waals surface area contributed by atoms with Gasteiger partial charge in [-0.3, -0.25) is 4.99 Å². The highest BCUT2D eigenvalue weighted by molar-refractivity contribution is 6.12. The molecule has 0 amide bonds. The van der Waals surface area contributed by atoms with Crippen molar-refractivity contribution < 1.29 is 9.53 Å². The molecular weight excluding hydrogens is 416 g/mol. The number of benzene rings is 2. The molecule has 5 rings (SSSR count). The first kappa shape index (κ1) is 20.9. The fourth-order valence-corrected chi connectivity index (χ4v) is 4.15. The Bertz CT molecular complexity index is 1330. The van der Waals surface area contributed by atoms with E-state index in [1.807, 2.05) is 24.3 Å². The van der Waals surface area contributed by atoms with Crippen molar-refractivity contribution in [2.75, 3.05) is 32.1 Å². The van der Waals surface area contributed by atoms with Gasteiger partial charge in [-0.2, -0.15) is 0 Å². The normalized spacial score (nSPS) is 13.3. The molecule has 0 spiro atoms. The maximum Gasteiger partial charge on any atom is 0.337 e. The SMILES string of the molecule is COC(=O)c1ccc2c(c1)[nH]c1nc(Cc3ccccc3)nc(NCCNC3=NCCC3)c12. The molecule has 0 bridgehead atoms. The minimum absolute atomic E-state index is 0.370. The monoisotopic (exact) mass is 442 g/mol. The average molecular weight is 443 g/mol. The number of aromatic nitrogens is 3. The van der Waals surface area contributed by atoms with Crippen LogP contribution in [0.1, 0.15) is 34.6 Å². The third-order valence-electron chi connectivity index (χ3n) is 5.74. The third-order valence-corrected chi connectivity index (χ3v) is 5.74. The second kappa shape index (κ2) is 9.28. The zero-order valence-electron chi connectivity index (χ0n) is 18.5. The summed E-state index contributed by atoms with van der Waals surface area (Å²) in [6.45, 7) is 2.37. The number of carbonyl (C=O) groups is 1. The lowest BCUT2D eigenvalue weighted by Gasteiger charge is -2.11. The van der Waals surface area contributed by atoms with E-state index in [9.17, 15) is 4.79 Å². The molecule has 0 radical (unpaired) electrons. The highest BCUT2D eigenvalue weighted by Gasteiger charge is 2.16. The first-order valence-electron chi connectivity index (χ1n) is 11.2. The molecule has 2 aromatic heterocycles. The summed E-state index contributed by atoms with van der Waals surface area (Å²) in [4.78, 5) is 29.5. The van der Waals surface area contributed by atoms with E-state index in [2.05, 4.69) is 32.7 Å². The second-order valence-corrected chi connectivity index (χ2v) is 8.04. The van der Waals surface area contributed by atoms with Crippen LogP contribution in [0.25, 0.3) is 21.9 Å². The van der Waals surface area contributed by atoms with Crippen molar-refractivity contribution in [1.82, 2.24) is 20.3 Å². The number of hydrogen-bond acceptors (Lipinski definition) is 7. The molecule has 2 aromatic carbocycles. The van der Waals surface area contributed by atoms with E-state index in [1.54, 1.807) is 12.1 Å². The summed E-state index contributed by atoms with van der Waals surface area (Å²) in [6, 6.07) is 15.6. The van der Waals surface area contributed by atoms with Crippen LogP contribution in [0.3, 0.4) is 0 Å². The van der Waals surface area contributed by atoms with Gasteiger partial charge < -0.3 is 20.4 Å². The number of esters is 1. The minimum atomic E-state index is -0.370. The molecule has 0 atom stereocenters. The number of aliphatic imine (C=N–C) groups is 1. The van der Waals surface area contributed by atoms with Crippen LogP contribution in [0, 0.1) is 0 Å². The van der Waals surface area contributed by atoms with Crippen LogP contribution in [0.5, 0.6) is 0 Å². The van der Waals surface area contributed by atoms with Crippen molar-refractivity contribution in [2.45, 2.75) is 19.3 Å². The van der Waals surface area contributed by atoms with Crippen LogP contribution in [0.4, 0.5) is 5.82 Å². The molecule has 8 heteroatoms. The largest absolute Gasteiger partial charge is 0.465 e. The molecule has 1 aliphatic rings. The number of nitrogens with one attached hydrogen (secondary N) is 3. The fraction of sp³-hybridized carbons (Fsp3) is 0.280. The molecule has 3 heterocycles. The maximum absolute atomic E-state index is 12.0. The number of methoxy groups -OCH3 is 1. The summed E-state index contributed by atoms with van der Waals surface area (Å²) in [5.74, 6) is 2.21. The lowest BCUT2D eigenvalue weighted by Crippen LogP contribution is -2.27. The van der Waals surface area contributed by atoms with Gasteiger partial charge in [-0.1, -0.05) is 36.4 Å². The van der Waals surface area contributed by atoms with E-state index in [0.717, 1.165) is 70.9 Å². The Hall–Kier alpha value is -3.94. The first-order valence-corrected chi connectivity index (χ1v) is 11.2. The molecule has 4 aromatic rings. The zero-order chi connectivity index (χ0) is 22.6. The number of H-pyrrole nitrogens is 1. The van der Waals surface area contributed by atoms with Gasteiger partial charge in [0.05, 0.1) is 23.9 Å². The molecule has 0 unspecified atom stereocenters. The highest BCUT2D eigenvalue weighted by atomic mass is 16.5. The van der Waals surface area contributed by atoms with E-state index in [1.165, 1.54) is 7.11 Å². The Morgan fingerprint density at radius 2 is 1.94 bits per heavy atom. The number of anilines is 1. The van der Waals surface area contributed by atoms with Crippen molar-refractivity contribution in [3.05, 3.63) is 65.5 Å². The predicted octanol–water partition coefficient (Wildman–Crippen LogP) is 3.68. The highest BCUT2D eigenvalue weighted by Crippen LogP contribution is 2.30. The summed E-state index contributed by atoms with van der Waals surface area (Å²) in [7, 11) is 1.38. The van der Waals surface area contributed by atoms with Gasteiger partial charge >= 0.3 is 5.97 Å². The molecule has 1 aliphatic heterocycles. The van der Waals surface area contributed by atoms with Gasteiger partial charge in [0.15, 0.2) is 0 Å². The van der Waals surface area contributed by atoms with E-state index in [4.69, 9.17) is 14.7 Å². The summed E-state index contributed by atoms with van der Waals surface area (Å²) >= 11 is 0. The van der Waals surface area contributed by atoms with Gasteiger partial charge in [0.25, 0.3) is 0 Å². The Balaban J connectivity index is 1.49. The Morgan fingerprint density at radius 1 is 1.09 bits per heavy atom. The van der Waals surface area contributed by atoms with E-state index in [0.29, 0.717) is 18.5 Å². The molecule has 33 heavy (non-hydrogen) atoms. The van der Waals surface area contributed by atoms with Gasteiger partial charge in [-0.25, -0.2) is 14.8 Å². The van der Waals surface area contributed by atoms with Gasteiger partial charge in [-0.15, -0.1) is 0 Å². The van der Waals surface area contributed by atoms with Crippen LogP contribution in [-0.4, -0.2) is 53.5 Å². The van der Waals surface area contributed by atoms with Crippen molar-refractivity contribution in [1.29, 1.82) is 0 Å². The number of amidine groups is 1. The van der Waals surface area contributed by atoms with Crippen molar-refractivity contribution in [2.24, 2.45) is 4.99 Å². The number of nitrogens with zero attached hydrogens (tertiary/aromatic N) is 3. The van der Waals surface area contributed by atoms with Gasteiger partial charge in [0.1, 0.15) is 17.3 Å².